The van der Waals surface area contributed by atoms with Gasteiger partial charge in [0.1, 0.15) is 11.9 Å². The maximum Gasteiger partial charge on any atom is 0.276 e. The first kappa shape index (κ1) is 16.9. The van der Waals surface area contributed by atoms with Crippen molar-refractivity contribution in [3.05, 3.63) is 59.7 Å². The molecule has 1 aliphatic rings. The van der Waals surface area contributed by atoms with Gasteiger partial charge in [0.25, 0.3) is 10.0 Å². The summed E-state index contributed by atoms with van der Waals surface area (Å²) in [5.74, 6) is 2.79. The van der Waals surface area contributed by atoms with Gasteiger partial charge in [-0.25, -0.2) is 4.83 Å². The number of aryl methyl sites for hydroxylation is 1. The highest BCUT2D eigenvalue weighted by atomic mass is 32.2. The molecule has 1 N–H and O–H groups in total. The Morgan fingerprint density at radius 3 is 2.62 bits per heavy atom. The van der Waals surface area contributed by atoms with E-state index in [4.69, 9.17) is 4.74 Å². The molecule has 0 atom stereocenters. The molecule has 0 bridgehead atoms. The second kappa shape index (κ2) is 7.27. The summed E-state index contributed by atoms with van der Waals surface area (Å²) in [6.45, 7) is 1.90. The zero-order valence-electron chi connectivity index (χ0n) is 13.2. The lowest BCUT2D eigenvalue weighted by Gasteiger charge is -2.25. The molecule has 2 aromatic rings. The van der Waals surface area contributed by atoms with Crippen LogP contribution < -0.4 is 9.57 Å². The van der Waals surface area contributed by atoms with Gasteiger partial charge in [0.05, 0.1) is 11.1 Å². The summed E-state index contributed by atoms with van der Waals surface area (Å²) in [5.41, 5.74) is 1.77. The van der Waals surface area contributed by atoms with Crippen molar-refractivity contribution >= 4 is 28.0 Å². The number of benzene rings is 2. The lowest BCUT2D eigenvalue weighted by Crippen LogP contribution is -2.31. The molecule has 0 saturated carbocycles. The number of hydrogen-bond donors (Lipinski definition) is 1. The molecule has 126 valence electrons. The molecule has 7 heteroatoms. The van der Waals surface area contributed by atoms with Crippen molar-refractivity contribution in [3.8, 4) is 5.75 Å². The molecule has 1 heterocycles. The van der Waals surface area contributed by atoms with Crippen molar-refractivity contribution in [3.63, 3.8) is 0 Å². The first-order chi connectivity index (χ1) is 11.5. The molecule has 1 saturated heterocycles. The minimum Gasteiger partial charge on any atom is -0.489 e. The quantitative estimate of drug-likeness (QED) is 0.634. The van der Waals surface area contributed by atoms with Crippen LogP contribution in [0.25, 0.3) is 0 Å². The van der Waals surface area contributed by atoms with Gasteiger partial charge >= 0.3 is 0 Å². The van der Waals surface area contributed by atoms with Crippen LogP contribution in [0.15, 0.2) is 58.5 Å². The number of thioether (sulfide) groups is 1. The van der Waals surface area contributed by atoms with Crippen LogP contribution in [0.2, 0.25) is 0 Å². The lowest BCUT2D eigenvalue weighted by atomic mass is 10.2. The summed E-state index contributed by atoms with van der Waals surface area (Å²) in [6.07, 6.45) is 1.73. The third kappa shape index (κ3) is 4.30. The Bertz CT molecular complexity index is 829. The monoisotopic (exact) mass is 362 g/mol. The predicted molar refractivity (Wildman–Crippen MR) is 97.3 cm³/mol. The van der Waals surface area contributed by atoms with E-state index in [-0.39, 0.29) is 11.0 Å². The standard InChI is InChI=1S/C17H18N2O3S2/c1-13-5-7-17(8-6-13)24(20,21)19-18-10-14-3-2-4-15(9-14)22-16-11-23-12-16/h2-10,16,19H,11-12H2,1H3. The highest BCUT2D eigenvalue weighted by molar-refractivity contribution is 8.00. The molecule has 0 unspecified atom stereocenters. The van der Waals surface area contributed by atoms with E-state index in [9.17, 15) is 8.42 Å². The van der Waals surface area contributed by atoms with E-state index < -0.39 is 10.0 Å². The highest BCUT2D eigenvalue weighted by Crippen LogP contribution is 2.24. The highest BCUT2D eigenvalue weighted by Gasteiger charge is 2.19. The number of hydrogen-bond acceptors (Lipinski definition) is 5. The van der Waals surface area contributed by atoms with E-state index in [0.29, 0.717) is 0 Å². The average Bonchev–Trinajstić information content (AvgIpc) is 2.52. The molecular weight excluding hydrogens is 344 g/mol. The molecule has 3 rings (SSSR count). The molecule has 1 aliphatic heterocycles. The fourth-order valence-electron chi connectivity index (χ4n) is 2.08. The molecular formula is C17H18N2O3S2. The molecule has 2 aromatic carbocycles. The smallest absolute Gasteiger partial charge is 0.276 e. The summed E-state index contributed by atoms with van der Waals surface area (Å²) >= 11 is 1.86. The van der Waals surface area contributed by atoms with Gasteiger partial charge < -0.3 is 4.74 Å². The van der Waals surface area contributed by atoms with Gasteiger partial charge in [-0.2, -0.15) is 25.3 Å². The second-order valence-electron chi connectivity index (χ2n) is 5.52. The SMILES string of the molecule is Cc1ccc(S(=O)(=O)NN=Cc2cccc(OC3CSC3)c2)cc1. The van der Waals surface area contributed by atoms with Crippen LogP contribution in [0.1, 0.15) is 11.1 Å². The van der Waals surface area contributed by atoms with Gasteiger partial charge in [-0.15, -0.1) is 0 Å². The molecule has 5 nitrogen and oxygen atoms in total. The predicted octanol–water partition coefficient (Wildman–Crippen LogP) is 2.80. The van der Waals surface area contributed by atoms with E-state index in [1.165, 1.54) is 6.21 Å². The Labute approximate surface area is 146 Å². The molecule has 0 aliphatic carbocycles. The van der Waals surface area contributed by atoms with E-state index in [1.807, 2.05) is 43.0 Å². The molecule has 0 aromatic heterocycles. The first-order valence-electron chi connectivity index (χ1n) is 7.49. The summed E-state index contributed by atoms with van der Waals surface area (Å²) in [7, 11) is -3.65. The zero-order valence-corrected chi connectivity index (χ0v) is 14.8. The van der Waals surface area contributed by atoms with E-state index in [2.05, 4.69) is 9.93 Å². The average molecular weight is 362 g/mol. The Kier molecular flexibility index (Phi) is 5.11. The van der Waals surface area contributed by atoms with Gasteiger partial charge in [-0.1, -0.05) is 29.8 Å². The van der Waals surface area contributed by atoms with Crippen LogP contribution >= 0.6 is 11.8 Å². The summed E-state index contributed by atoms with van der Waals surface area (Å²) in [6, 6.07) is 14.0. The molecule has 0 radical (unpaired) electrons. The molecule has 0 spiro atoms. The number of ether oxygens (including phenoxy) is 1. The van der Waals surface area contributed by atoms with Crippen molar-refractivity contribution in [2.45, 2.75) is 17.9 Å². The maximum atomic E-state index is 12.1. The Balaban J connectivity index is 1.65. The number of sulfonamides is 1. The van der Waals surface area contributed by atoms with Crippen molar-refractivity contribution in [1.29, 1.82) is 0 Å². The van der Waals surface area contributed by atoms with Crippen molar-refractivity contribution in [1.82, 2.24) is 4.83 Å². The topological polar surface area (TPSA) is 67.8 Å². The minimum absolute atomic E-state index is 0.185. The fourth-order valence-corrected chi connectivity index (χ4v) is 3.44. The Morgan fingerprint density at radius 1 is 1.21 bits per heavy atom. The summed E-state index contributed by atoms with van der Waals surface area (Å²) < 4.78 is 30.1. The van der Waals surface area contributed by atoms with Gasteiger partial charge in [0.2, 0.25) is 0 Å². The Morgan fingerprint density at radius 2 is 1.96 bits per heavy atom. The third-order valence-electron chi connectivity index (χ3n) is 3.49. The van der Waals surface area contributed by atoms with Crippen LogP contribution in [-0.2, 0) is 10.0 Å². The van der Waals surface area contributed by atoms with Gasteiger partial charge in [0, 0.05) is 11.5 Å². The van der Waals surface area contributed by atoms with Gasteiger partial charge in [-0.05, 0) is 36.8 Å². The van der Waals surface area contributed by atoms with E-state index in [1.54, 1.807) is 24.3 Å². The number of hydrazone groups is 1. The molecule has 1 fully saturated rings. The van der Waals surface area contributed by atoms with Gasteiger partial charge in [0.15, 0.2) is 0 Å². The van der Waals surface area contributed by atoms with E-state index >= 15 is 0 Å². The minimum atomic E-state index is -3.65. The van der Waals surface area contributed by atoms with Crippen LogP contribution in [0.5, 0.6) is 5.75 Å². The second-order valence-corrected chi connectivity index (χ2v) is 8.25. The third-order valence-corrected chi connectivity index (χ3v) is 5.94. The van der Waals surface area contributed by atoms with Crippen LogP contribution in [0, 0.1) is 6.92 Å². The number of nitrogens with one attached hydrogen (secondary N) is 1. The normalized spacial score (nSPS) is 15.2. The Hall–Kier alpha value is -1.99. The van der Waals surface area contributed by atoms with Crippen molar-refractivity contribution in [2.75, 3.05) is 11.5 Å². The number of rotatable bonds is 6. The zero-order chi connectivity index (χ0) is 17.0. The van der Waals surface area contributed by atoms with Crippen LogP contribution in [0.3, 0.4) is 0 Å². The van der Waals surface area contributed by atoms with Gasteiger partial charge in [-0.3, -0.25) is 0 Å². The summed E-state index contributed by atoms with van der Waals surface area (Å²) in [5, 5.41) is 3.84. The van der Waals surface area contributed by atoms with E-state index in [0.717, 1.165) is 28.4 Å². The maximum absolute atomic E-state index is 12.1. The van der Waals surface area contributed by atoms with Crippen molar-refractivity contribution in [2.24, 2.45) is 5.10 Å². The van der Waals surface area contributed by atoms with Crippen LogP contribution in [-0.4, -0.2) is 32.2 Å². The lowest BCUT2D eigenvalue weighted by molar-refractivity contribution is 0.240. The fraction of sp³-hybridized carbons (Fsp3) is 0.235. The molecule has 24 heavy (non-hydrogen) atoms. The van der Waals surface area contributed by atoms with Crippen molar-refractivity contribution < 1.29 is 13.2 Å². The first-order valence-corrected chi connectivity index (χ1v) is 10.1. The number of nitrogens with zero attached hydrogens (tertiary/aromatic N) is 1. The largest absolute Gasteiger partial charge is 0.489 e. The summed E-state index contributed by atoms with van der Waals surface area (Å²) in [4.78, 5) is 2.41. The molecule has 0 amide bonds. The van der Waals surface area contributed by atoms with Crippen LogP contribution in [0.4, 0.5) is 0 Å².